The zero-order valence-electron chi connectivity index (χ0n) is 10.0. The molecular weight excluding hydrogens is 202 g/mol. The van der Waals surface area contributed by atoms with Gasteiger partial charge in [0.2, 0.25) is 0 Å². The maximum atomic E-state index is 11.9. The van der Waals surface area contributed by atoms with Crippen LogP contribution in [0.3, 0.4) is 0 Å². The minimum Gasteiger partial charge on any atom is -0.461 e. The van der Waals surface area contributed by atoms with Crippen LogP contribution in [0.15, 0.2) is 0 Å². The molecule has 2 rings (SSSR count). The molecule has 0 unspecified atom stereocenters. The number of carbonyl (C=O) groups is 1. The Labute approximate surface area is 97.9 Å². The topological polar surface area (TPSA) is 38.3 Å². The van der Waals surface area contributed by atoms with Crippen LogP contribution in [-0.2, 0) is 9.53 Å². The lowest BCUT2D eigenvalue weighted by Gasteiger charge is -2.24. The summed E-state index contributed by atoms with van der Waals surface area (Å²) >= 11 is 0. The van der Waals surface area contributed by atoms with Crippen LogP contribution < -0.4 is 5.32 Å². The van der Waals surface area contributed by atoms with Gasteiger partial charge in [-0.05, 0) is 45.1 Å². The fraction of sp³-hybridized carbons (Fsp3) is 0.923. The van der Waals surface area contributed by atoms with Crippen molar-refractivity contribution in [3.05, 3.63) is 0 Å². The Kier molecular flexibility index (Phi) is 4.64. The fourth-order valence-electron chi connectivity index (χ4n) is 2.66. The van der Waals surface area contributed by atoms with Crippen molar-refractivity contribution >= 4 is 5.97 Å². The third-order valence-corrected chi connectivity index (χ3v) is 3.68. The molecule has 1 saturated heterocycles. The molecule has 0 bridgehead atoms. The lowest BCUT2D eigenvalue weighted by atomic mass is 10.1. The highest BCUT2D eigenvalue weighted by Crippen LogP contribution is 2.21. The van der Waals surface area contributed by atoms with Crippen molar-refractivity contribution in [1.29, 1.82) is 0 Å². The Hall–Kier alpha value is -0.570. The van der Waals surface area contributed by atoms with Crippen LogP contribution in [0, 0.1) is 0 Å². The molecule has 0 radical (unpaired) electrons. The van der Waals surface area contributed by atoms with Crippen LogP contribution >= 0.6 is 0 Å². The second-order valence-electron chi connectivity index (χ2n) is 5.05. The van der Waals surface area contributed by atoms with Gasteiger partial charge in [0, 0.05) is 0 Å². The summed E-state index contributed by atoms with van der Waals surface area (Å²) in [5.41, 5.74) is 0. The third-order valence-electron chi connectivity index (χ3n) is 3.68. The average molecular weight is 225 g/mol. The van der Waals surface area contributed by atoms with Gasteiger partial charge < -0.3 is 10.1 Å². The van der Waals surface area contributed by atoms with E-state index < -0.39 is 0 Å². The van der Waals surface area contributed by atoms with Crippen LogP contribution in [0.4, 0.5) is 0 Å². The smallest absolute Gasteiger partial charge is 0.323 e. The van der Waals surface area contributed by atoms with Crippen molar-refractivity contribution in [2.24, 2.45) is 0 Å². The van der Waals surface area contributed by atoms with E-state index in [1.165, 1.54) is 32.1 Å². The molecular formula is C13H23NO2. The zero-order chi connectivity index (χ0) is 11.2. The van der Waals surface area contributed by atoms with Gasteiger partial charge in [0.15, 0.2) is 0 Å². The Morgan fingerprint density at radius 3 is 2.25 bits per heavy atom. The van der Waals surface area contributed by atoms with Gasteiger partial charge >= 0.3 is 5.97 Å². The van der Waals surface area contributed by atoms with Gasteiger partial charge in [-0.15, -0.1) is 0 Å². The van der Waals surface area contributed by atoms with E-state index >= 15 is 0 Å². The molecule has 3 heteroatoms. The van der Waals surface area contributed by atoms with Crippen molar-refractivity contribution < 1.29 is 9.53 Å². The molecule has 1 heterocycles. The quantitative estimate of drug-likeness (QED) is 0.579. The molecule has 3 nitrogen and oxygen atoms in total. The molecule has 92 valence electrons. The van der Waals surface area contributed by atoms with Gasteiger partial charge in [-0.1, -0.05) is 19.3 Å². The van der Waals surface area contributed by atoms with Crippen LogP contribution in [0.5, 0.6) is 0 Å². The molecule has 1 atom stereocenters. The summed E-state index contributed by atoms with van der Waals surface area (Å²) in [6, 6.07) is -0.0306. The summed E-state index contributed by atoms with van der Waals surface area (Å²) in [5, 5.41) is 3.25. The second kappa shape index (κ2) is 6.24. The SMILES string of the molecule is O=C(OC1CCCCCC1)[C@@H]1CCCCN1. The van der Waals surface area contributed by atoms with Crippen LogP contribution in [0.1, 0.15) is 57.8 Å². The summed E-state index contributed by atoms with van der Waals surface area (Å²) in [7, 11) is 0. The van der Waals surface area contributed by atoms with E-state index in [-0.39, 0.29) is 18.1 Å². The van der Waals surface area contributed by atoms with Gasteiger partial charge in [0.05, 0.1) is 0 Å². The van der Waals surface area contributed by atoms with Gasteiger partial charge in [0.1, 0.15) is 12.1 Å². The highest BCUT2D eigenvalue weighted by molar-refractivity contribution is 5.76. The average Bonchev–Trinajstić information content (AvgIpc) is 2.59. The number of nitrogens with one attached hydrogen (secondary N) is 1. The molecule has 0 aromatic rings. The number of hydrogen-bond donors (Lipinski definition) is 1. The first-order valence-corrected chi connectivity index (χ1v) is 6.80. The lowest BCUT2D eigenvalue weighted by Crippen LogP contribution is -2.42. The molecule has 1 aliphatic heterocycles. The highest BCUT2D eigenvalue weighted by Gasteiger charge is 2.25. The van der Waals surface area contributed by atoms with Crippen molar-refractivity contribution in [3.8, 4) is 0 Å². The lowest BCUT2D eigenvalue weighted by molar-refractivity contribution is -0.152. The minimum absolute atomic E-state index is 0.00778. The largest absolute Gasteiger partial charge is 0.461 e. The van der Waals surface area contributed by atoms with Crippen LogP contribution in [-0.4, -0.2) is 24.7 Å². The van der Waals surface area contributed by atoms with E-state index in [4.69, 9.17) is 4.74 Å². The maximum absolute atomic E-state index is 11.9. The van der Waals surface area contributed by atoms with Gasteiger partial charge in [-0.25, -0.2) is 0 Å². The summed E-state index contributed by atoms with van der Waals surface area (Å²) < 4.78 is 5.61. The molecule has 2 fully saturated rings. The predicted molar refractivity (Wildman–Crippen MR) is 63.2 cm³/mol. The Bertz CT molecular complexity index is 216. The summed E-state index contributed by atoms with van der Waals surface area (Å²) in [4.78, 5) is 11.9. The first-order chi connectivity index (χ1) is 7.86. The van der Waals surface area contributed by atoms with E-state index in [0.29, 0.717) is 0 Å². The zero-order valence-corrected chi connectivity index (χ0v) is 10.0. The number of ether oxygens (including phenoxy) is 1. The number of piperidine rings is 1. The number of carbonyl (C=O) groups excluding carboxylic acids is 1. The number of hydrogen-bond acceptors (Lipinski definition) is 3. The van der Waals surface area contributed by atoms with E-state index in [9.17, 15) is 4.79 Å². The first-order valence-electron chi connectivity index (χ1n) is 6.80. The van der Waals surface area contributed by atoms with Gasteiger partial charge in [-0.2, -0.15) is 0 Å². The first kappa shape index (κ1) is 11.9. The van der Waals surface area contributed by atoms with Crippen LogP contribution in [0.25, 0.3) is 0 Å². The molecule has 16 heavy (non-hydrogen) atoms. The summed E-state index contributed by atoms with van der Waals surface area (Å²) in [6.45, 7) is 0.963. The third kappa shape index (κ3) is 3.48. The van der Waals surface area contributed by atoms with Crippen molar-refractivity contribution in [2.75, 3.05) is 6.54 Å². The normalized spacial score (nSPS) is 28.4. The van der Waals surface area contributed by atoms with Crippen molar-refractivity contribution in [1.82, 2.24) is 5.32 Å². The Balaban J connectivity index is 1.76. The molecule has 1 aliphatic carbocycles. The summed E-state index contributed by atoms with van der Waals surface area (Å²) in [6.07, 6.45) is 10.7. The molecule has 0 spiro atoms. The Morgan fingerprint density at radius 2 is 1.62 bits per heavy atom. The molecule has 1 saturated carbocycles. The van der Waals surface area contributed by atoms with E-state index in [1.54, 1.807) is 0 Å². The molecule has 0 amide bonds. The van der Waals surface area contributed by atoms with E-state index in [0.717, 1.165) is 32.2 Å². The van der Waals surface area contributed by atoms with Gasteiger partial charge in [0.25, 0.3) is 0 Å². The predicted octanol–water partition coefficient (Wildman–Crippen LogP) is 2.39. The van der Waals surface area contributed by atoms with Crippen molar-refractivity contribution in [3.63, 3.8) is 0 Å². The monoisotopic (exact) mass is 225 g/mol. The Morgan fingerprint density at radius 1 is 0.938 bits per heavy atom. The standard InChI is InChI=1S/C13H23NO2/c15-13(12-9-5-6-10-14-12)16-11-7-3-1-2-4-8-11/h11-12,14H,1-10H2/t12-/m0/s1. The summed E-state index contributed by atoms with van der Waals surface area (Å²) in [5.74, 6) is -0.00778. The second-order valence-corrected chi connectivity index (χ2v) is 5.05. The van der Waals surface area contributed by atoms with Gasteiger partial charge in [-0.3, -0.25) is 4.79 Å². The molecule has 0 aromatic heterocycles. The highest BCUT2D eigenvalue weighted by atomic mass is 16.5. The molecule has 2 aliphatic rings. The maximum Gasteiger partial charge on any atom is 0.323 e. The van der Waals surface area contributed by atoms with Crippen molar-refractivity contribution in [2.45, 2.75) is 69.9 Å². The number of rotatable bonds is 2. The van der Waals surface area contributed by atoms with Crippen LogP contribution in [0.2, 0.25) is 0 Å². The van der Waals surface area contributed by atoms with E-state index in [1.807, 2.05) is 0 Å². The molecule has 0 aromatic carbocycles. The minimum atomic E-state index is -0.0306. The fourth-order valence-corrected chi connectivity index (χ4v) is 2.66. The van der Waals surface area contributed by atoms with E-state index in [2.05, 4.69) is 5.32 Å². The number of esters is 1. The molecule has 1 N–H and O–H groups in total.